The van der Waals surface area contributed by atoms with E-state index in [0.29, 0.717) is 24.3 Å². The van der Waals surface area contributed by atoms with Crippen LogP contribution in [0.1, 0.15) is 65.1 Å². The number of nitrogens with zero attached hydrogens (tertiary/aromatic N) is 1. The van der Waals surface area contributed by atoms with E-state index in [2.05, 4.69) is 36.5 Å². The van der Waals surface area contributed by atoms with Crippen LogP contribution in [0, 0.1) is 0 Å². The number of hydrogen-bond acceptors (Lipinski definition) is 6. The number of carbonyl (C=O) groups excluding carboxylic acids is 1. The second-order valence-corrected chi connectivity index (χ2v) is 8.19. The summed E-state index contributed by atoms with van der Waals surface area (Å²) in [5, 5.41) is 14.5. The molecule has 0 aromatic heterocycles. The average molecular weight is 459 g/mol. The molecule has 1 heterocycles. The van der Waals surface area contributed by atoms with Gasteiger partial charge in [0.05, 0.1) is 19.3 Å². The molecule has 0 amide bonds. The van der Waals surface area contributed by atoms with E-state index in [-0.39, 0.29) is 23.9 Å². The Kier molecular flexibility index (Phi) is 7.28. The average Bonchev–Trinajstić information content (AvgIpc) is 2.89. The van der Waals surface area contributed by atoms with Gasteiger partial charge in [0, 0.05) is 23.7 Å². The van der Waals surface area contributed by atoms with Crippen LogP contribution >= 0.6 is 0 Å². The Morgan fingerprint density at radius 1 is 1.06 bits per heavy atom. The van der Waals surface area contributed by atoms with Gasteiger partial charge in [0.15, 0.2) is 11.5 Å². The monoisotopic (exact) mass is 458 g/mol. The smallest absolute Gasteiger partial charge is 0.337 e. The maximum atomic E-state index is 11.8. The lowest BCUT2D eigenvalue weighted by molar-refractivity contribution is 0.0600. The van der Waals surface area contributed by atoms with Gasteiger partial charge in [0.25, 0.3) is 0 Å². The minimum absolute atomic E-state index is 0.143. The number of benzene rings is 3. The number of carbonyl (C=O) groups is 1. The Morgan fingerprint density at radius 2 is 1.79 bits per heavy atom. The maximum absolute atomic E-state index is 11.8. The van der Waals surface area contributed by atoms with Crippen molar-refractivity contribution in [2.24, 2.45) is 4.99 Å². The Morgan fingerprint density at radius 3 is 2.44 bits per heavy atom. The van der Waals surface area contributed by atoms with Crippen LogP contribution in [0.2, 0.25) is 0 Å². The summed E-state index contributed by atoms with van der Waals surface area (Å²) in [5.41, 5.74) is 5.45. The first kappa shape index (κ1) is 23.5. The van der Waals surface area contributed by atoms with Gasteiger partial charge in [-0.25, -0.2) is 4.79 Å². The van der Waals surface area contributed by atoms with Crippen LogP contribution in [-0.2, 0) is 11.2 Å². The van der Waals surface area contributed by atoms with Crippen LogP contribution in [0.25, 0.3) is 0 Å². The van der Waals surface area contributed by atoms with E-state index in [0.717, 1.165) is 28.8 Å². The van der Waals surface area contributed by atoms with Gasteiger partial charge in [0.2, 0.25) is 0 Å². The third-order valence-electron chi connectivity index (χ3n) is 6.09. The van der Waals surface area contributed by atoms with E-state index in [4.69, 9.17) is 14.5 Å². The van der Waals surface area contributed by atoms with Gasteiger partial charge in [-0.1, -0.05) is 55.5 Å². The van der Waals surface area contributed by atoms with E-state index in [1.807, 2.05) is 31.2 Å². The lowest BCUT2D eigenvalue weighted by Gasteiger charge is -2.31. The molecule has 0 aliphatic carbocycles. The van der Waals surface area contributed by atoms with Crippen molar-refractivity contribution >= 4 is 11.7 Å². The van der Waals surface area contributed by atoms with Crippen LogP contribution in [-0.4, -0.2) is 30.5 Å². The lowest BCUT2D eigenvalue weighted by Crippen LogP contribution is -2.33. The molecule has 1 aliphatic rings. The summed E-state index contributed by atoms with van der Waals surface area (Å²) in [6.07, 6.45) is 1.25. The minimum Gasteiger partial charge on any atom is -0.504 e. The minimum atomic E-state index is -0.376. The predicted octanol–water partition coefficient (Wildman–Crippen LogP) is 5.36. The molecular weight excluding hydrogens is 428 g/mol. The first-order valence-corrected chi connectivity index (χ1v) is 11.6. The number of phenolic OH excluding ortho intramolecular Hbond substituents is 1. The number of para-hydroxylation sites is 1. The van der Waals surface area contributed by atoms with E-state index in [9.17, 15) is 9.90 Å². The number of phenols is 1. The zero-order chi connectivity index (χ0) is 24.1. The molecule has 6 heteroatoms. The van der Waals surface area contributed by atoms with Gasteiger partial charge in [-0.2, -0.15) is 0 Å². The first-order chi connectivity index (χ1) is 16.5. The number of nitrogens with one attached hydrogen (secondary N) is 1. The van der Waals surface area contributed by atoms with E-state index < -0.39 is 0 Å². The van der Waals surface area contributed by atoms with Gasteiger partial charge in [0.1, 0.15) is 6.17 Å². The normalized spacial score (nSPS) is 17.7. The SMILES string of the molecule is CCOc1cccc(C2CC(c3ccc(CC)cc3)=NC(c3ccc(C(=O)OC)cc3)N2)c1O. The predicted molar refractivity (Wildman–Crippen MR) is 133 cm³/mol. The molecule has 1 aliphatic heterocycles. The van der Waals surface area contributed by atoms with Crippen LogP contribution in [0.3, 0.4) is 0 Å². The number of aliphatic imine (C=N–C) groups is 1. The molecule has 0 fully saturated rings. The second kappa shape index (κ2) is 10.5. The van der Waals surface area contributed by atoms with E-state index >= 15 is 0 Å². The van der Waals surface area contributed by atoms with Crippen LogP contribution in [0.15, 0.2) is 71.7 Å². The summed E-state index contributed by atoms with van der Waals surface area (Å²) in [5.74, 6) is 0.236. The van der Waals surface area contributed by atoms with Crippen molar-refractivity contribution < 1.29 is 19.4 Å². The third kappa shape index (κ3) is 4.97. The molecule has 3 aromatic carbocycles. The lowest BCUT2D eigenvalue weighted by atomic mass is 9.92. The van der Waals surface area contributed by atoms with Crippen molar-refractivity contribution in [3.05, 3.63) is 94.5 Å². The van der Waals surface area contributed by atoms with Gasteiger partial charge < -0.3 is 14.6 Å². The molecule has 0 spiro atoms. The molecule has 176 valence electrons. The second-order valence-electron chi connectivity index (χ2n) is 8.19. The van der Waals surface area contributed by atoms with Crippen LogP contribution in [0.5, 0.6) is 11.5 Å². The molecule has 0 radical (unpaired) electrons. The van der Waals surface area contributed by atoms with Gasteiger partial charge in [-0.05, 0) is 48.2 Å². The van der Waals surface area contributed by atoms with Gasteiger partial charge in [-0.15, -0.1) is 0 Å². The zero-order valence-electron chi connectivity index (χ0n) is 19.7. The van der Waals surface area contributed by atoms with Crippen molar-refractivity contribution in [2.45, 2.75) is 38.9 Å². The fraction of sp³-hybridized carbons (Fsp3) is 0.286. The molecule has 2 atom stereocenters. The molecule has 34 heavy (non-hydrogen) atoms. The van der Waals surface area contributed by atoms with E-state index in [1.54, 1.807) is 18.2 Å². The maximum Gasteiger partial charge on any atom is 0.337 e. The highest BCUT2D eigenvalue weighted by molar-refractivity contribution is 6.01. The highest BCUT2D eigenvalue weighted by Crippen LogP contribution is 2.39. The summed E-state index contributed by atoms with van der Waals surface area (Å²) in [6.45, 7) is 4.50. The highest BCUT2D eigenvalue weighted by Gasteiger charge is 2.28. The topological polar surface area (TPSA) is 80.2 Å². The number of ether oxygens (including phenoxy) is 2. The molecule has 4 rings (SSSR count). The molecule has 2 unspecified atom stereocenters. The molecular formula is C28H30N2O4. The number of aryl methyl sites for hydroxylation is 1. The number of rotatable bonds is 7. The summed E-state index contributed by atoms with van der Waals surface area (Å²) < 4.78 is 10.4. The summed E-state index contributed by atoms with van der Waals surface area (Å²) in [4.78, 5) is 16.9. The molecule has 6 nitrogen and oxygen atoms in total. The van der Waals surface area contributed by atoms with Gasteiger partial charge >= 0.3 is 5.97 Å². The van der Waals surface area contributed by atoms with Crippen molar-refractivity contribution in [3.63, 3.8) is 0 Å². The Balaban J connectivity index is 1.72. The summed E-state index contributed by atoms with van der Waals surface area (Å²) >= 11 is 0. The quantitative estimate of drug-likeness (QED) is 0.466. The molecule has 0 bridgehead atoms. The third-order valence-corrected chi connectivity index (χ3v) is 6.09. The van der Waals surface area contributed by atoms with E-state index in [1.165, 1.54) is 12.7 Å². The molecule has 0 saturated carbocycles. The zero-order valence-corrected chi connectivity index (χ0v) is 19.7. The fourth-order valence-corrected chi connectivity index (χ4v) is 4.20. The number of hydrogen-bond donors (Lipinski definition) is 2. The van der Waals surface area contributed by atoms with Crippen molar-refractivity contribution in [1.82, 2.24) is 5.32 Å². The summed E-state index contributed by atoms with van der Waals surface area (Å²) in [6, 6.07) is 21.1. The number of esters is 1. The Hall–Kier alpha value is -3.64. The van der Waals surface area contributed by atoms with Crippen molar-refractivity contribution in [3.8, 4) is 11.5 Å². The Labute approximate surface area is 200 Å². The number of methoxy groups -OCH3 is 1. The Bertz CT molecular complexity index is 1170. The first-order valence-electron chi connectivity index (χ1n) is 11.6. The molecule has 2 N–H and O–H groups in total. The summed E-state index contributed by atoms with van der Waals surface area (Å²) in [7, 11) is 1.37. The fourth-order valence-electron chi connectivity index (χ4n) is 4.20. The van der Waals surface area contributed by atoms with Crippen LogP contribution in [0.4, 0.5) is 0 Å². The van der Waals surface area contributed by atoms with Crippen molar-refractivity contribution in [1.29, 1.82) is 0 Å². The largest absolute Gasteiger partial charge is 0.504 e. The molecule has 3 aromatic rings. The highest BCUT2D eigenvalue weighted by atomic mass is 16.5. The van der Waals surface area contributed by atoms with Gasteiger partial charge in [-0.3, -0.25) is 10.3 Å². The van der Waals surface area contributed by atoms with Crippen LogP contribution < -0.4 is 10.1 Å². The van der Waals surface area contributed by atoms with Crippen molar-refractivity contribution in [2.75, 3.05) is 13.7 Å². The standard InChI is InChI=1S/C28H30N2O4/c1-4-18-9-11-19(12-10-18)23-17-24(22-7-6-8-25(26(22)31)34-5-2)30-27(29-23)20-13-15-21(16-14-20)28(32)33-3/h6-16,24,27,30-31H,4-5,17H2,1-3H3. The molecule has 0 saturated heterocycles. The number of aromatic hydroxyl groups is 1.